The van der Waals surface area contributed by atoms with Gasteiger partial charge in [-0.05, 0) is 24.1 Å². The third kappa shape index (κ3) is 2.77. The summed E-state index contributed by atoms with van der Waals surface area (Å²) >= 11 is 0. The molecule has 1 atom stereocenters. The van der Waals surface area contributed by atoms with E-state index in [1.807, 2.05) is 0 Å². The second-order valence-corrected chi connectivity index (χ2v) is 6.94. The van der Waals surface area contributed by atoms with Gasteiger partial charge in [0.2, 0.25) is 0 Å². The van der Waals surface area contributed by atoms with E-state index in [1.54, 1.807) is 7.11 Å². The molecule has 0 spiro atoms. The Bertz CT molecular complexity index is 342. The van der Waals surface area contributed by atoms with Crippen molar-refractivity contribution < 1.29 is 4.74 Å². The maximum Gasteiger partial charge on any atom is 0.126 e. The average molecular weight is 236 g/mol. The van der Waals surface area contributed by atoms with Crippen molar-refractivity contribution in [2.75, 3.05) is 7.11 Å². The van der Waals surface area contributed by atoms with Gasteiger partial charge in [-0.1, -0.05) is 53.0 Å². The number of methoxy groups -OCH3 is 1. The Morgan fingerprint density at radius 1 is 1.12 bits per heavy atom. The number of ether oxygens (including phenoxy) is 1. The Balaban J connectivity index is 2.12. The van der Waals surface area contributed by atoms with Crippen LogP contribution < -0.4 is 10.0 Å². The Morgan fingerprint density at radius 3 is 2.50 bits per heavy atom. The molecule has 0 saturated heterocycles. The average Bonchev–Trinajstić information content (AvgIpc) is 2.30. The summed E-state index contributed by atoms with van der Waals surface area (Å²) in [5, 5.41) is 1.92. The summed E-state index contributed by atoms with van der Waals surface area (Å²) in [7, 11) is 2.66. The Labute approximate surface area is 100 Å². The lowest BCUT2D eigenvalue weighted by molar-refractivity contribution is 0.413. The van der Waals surface area contributed by atoms with Crippen LogP contribution in [0, 0.1) is 0 Å². The number of para-hydroxylation sites is 1. The monoisotopic (exact) mass is 236 g/mol. The van der Waals surface area contributed by atoms with Gasteiger partial charge in [0.15, 0.2) is 0 Å². The molecule has 0 radical (unpaired) electrons. The Morgan fingerprint density at radius 2 is 1.81 bits per heavy atom. The van der Waals surface area contributed by atoms with Gasteiger partial charge >= 0.3 is 0 Å². The Hall–Kier alpha value is -0.550. The standard InChI is InChI=1S/C14H21OP/c1-14(10-6-3-7-11-14)16-13-9-5-4-8-12(13)15-2/h4-5,8-9,16H,3,6-7,10-11H2,1-2H3. The SMILES string of the molecule is COc1ccccc1PC1(C)CCCCC1. The highest BCUT2D eigenvalue weighted by Crippen LogP contribution is 2.44. The van der Waals surface area contributed by atoms with Gasteiger partial charge in [0.25, 0.3) is 0 Å². The number of hydrogen-bond donors (Lipinski definition) is 0. The molecule has 2 heteroatoms. The van der Waals surface area contributed by atoms with Crippen LogP contribution in [0.5, 0.6) is 5.75 Å². The first-order chi connectivity index (χ1) is 7.73. The summed E-state index contributed by atoms with van der Waals surface area (Å²) < 4.78 is 5.44. The summed E-state index contributed by atoms with van der Waals surface area (Å²) in [6.45, 7) is 2.44. The van der Waals surface area contributed by atoms with Gasteiger partial charge in [-0.15, -0.1) is 0 Å². The summed E-state index contributed by atoms with van der Waals surface area (Å²) in [5.74, 6) is 1.06. The van der Waals surface area contributed by atoms with E-state index in [1.165, 1.54) is 37.4 Å². The summed E-state index contributed by atoms with van der Waals surface area (Å²) in [6, 6.07) is 8.47. The molecular weight excluding hydrogens is 215 g/mol. The van der Waals surface area contributed by atoms with Crippen molar-refractivity contribution in [3.8, 4) is 5.75 Å². The van der Waals surface area contributed by atoms with Crippen LogP contribution in [0.2, 0.25) is 0 Å². The second kappa shape index (κ2) is 5.19. The lowest BCUT2D eigenvalue weighted by Gasteiger charge is -2.34. The fourth-order valence-electron chi connectivity index (χ4n) is 2.53. The first-order valence-corrected chi connectivity index (χ1v) is 7.15. The van der Waals surface area contributed by atoms with E-state index in [2.05, 4.69) is 31.2 Å². The summed E-state index contributed by atoms with van der Waals surface area (Å²) in [5.41, 5.74) is 0. The first kappa shape index (κ1) is 11.9. The van der Waals surface area contributed by atoms with Crippen molar-refractivity contribution in [2.45, 2.75) is 44.2 Å². The molecule has 0 amide bonds. The molecule has 16 heavy (non-hydrogen) atoms. The van der Waals surface area contributed by atoms with E-state index in [0.29, 0.717) is 5.16 Å². The lowest BCUT2D eigenvalue weighted by Crippen LogP contribution is -2.25. The maximum absolute atomic E-state index is 5.44. The predicted molar refractivity (Wildman–Crippen MR) is 72.4 cm³/mol. The number of benzene rings is 1. The zero-order valence-corrected chi connectivity index (χ0v) is 11.3. The van der Waals surface area contributed by atoms with Gasteiger partial charge in [0.1, 0.15) is 5.75 Å². The van der Waals surface area contributed by atoms with Crippen LogP contribution >= 0.6 is 8.58 Å². The molecule has 1 fully saturated rings. The zero-order chi connectivity index (χ0) is 11.4. The van der Waals surface area contributed by atoms with E-state index in [9.17, 15) is 0 Å². The quantitative estimate of drug-likeness (QED) is 0.727. The third-order valence-corrected chi connectivity index (χ3v) is 5.29. The highest BCUT2D eigenvalue weighted by Gasteiger charge is 2.27. The van der Waals surface area contributed by atoms with Crippen LogP contribution in [-0.4, -0.2) is 12.3 Å². The van der Waals surface area contributed by atoms with Crippen molar-refractivity contribution in [1.82, 2.24) is 0 Å². The molecule has 0 aromatic heterocycles. The predicted octanol–water partition coefficient (Wildman–Crippen LogP) is 3.72. The fraction of sp³-hybridized carbons (Fsp3) is 0.571. The van der Waals surface area contributed by atoms with E-state index in [4.69, 9.17) is 4.74 Å². The minimum Gasteiger partial charge on any atom is -0.496 e. The molecule has 0 bridgehead atoms. The molecule has 1 saturated carbocycles. The molecule has 1 aliphatic carbocycles. The summed E-state index contributed by atoms with van der Waals surface area (Å²) in [4.78, 5) is 0. The topological polar surface area (TPSA) is 9.23 Å². The molecule has 88 valence electrons. The molecule has 1 unspecified atom stereocenters. The molecule has 1 aromatic carbocycles. The number of rotatable bonds is 3. The maximum atomic E-state index is 5.44. The van der Waals surface area contributed by atoms with Crippen LogP contribution in [0.25, 0.3) is 0 Å². The van der Waals surface area contributed by atoms with Gasteiger partial charge in [-0.25, -0.2) is 0 Å². The molecular formula is C14H21OP. The lowest BCUT2D eigenvalue weighted by atomic mass is 9.90. The summed E-state index contributed by atoms with van der Waals surface area (Å²) in [6.07, 6.45) is 6.98. The zero-order valence-electron chi connectivity index (χ0n) is 10.3. The van der Waals surface area contributed by atoms with Crippen molar-refractivity contribution >= 4 is 13.9 Å². The molecule has 1 aliphatic rings. The normalized spacial score (nSPS) is 20.1. The molecule has 0 heterocycles. The van der Waals surface area contributed by atoms with Gasteiger partial charge < -0.3 is 4.74 Å². The van der Waals surface area contributed by atoms with Crippen LogP contribution in [0.4, 0.5) is 0 Å². The van der Waals surface area contributed by atoms with E-state index in [-0.39, 0.29) is 0 Å². The Kier molecular flexibility index (Phi) is 3.86. The van der Waals surface area contributed by atoms with Gasteiger partial charge in [0.05, 0.1) is 7.11 Å². The molecule has 2 rings (SSSR count). The fourth-order valence-corrected chi connectivity index (χ4v) is 4.27. The molecule has 1 aromatic rings. The molecule has 1 nitrogen and oxygen atoms in total. The third-order valence-electron chi connectivity index (χ3n) is 3.50. The minimum atomic E-state index is 0.521. The van der Waals surface area contributed by atoms with Crippen LogP contribution in [-0.2, 0) is 0 Å². The first-order valence-electron chi connectivity index (χ1n) is 6.15. The van der Waals surface area contributed by atoms with Crippen LogP contribution in [0.15, 0.2) is 24.3 Å². The van der Waals surface area contributed by atoms with Crippen molar-refractivity contribution in [3.63, 3.8) is 0 Å². The van der Waals surface area contributed by atoms with Gasteiger partial charge in [-0.3, -0.25) is 0 Å². The van der Waals surface area contributed by atoms with Crippen LogP contribution in [0.1, 0.15) is 39.0 Å². The van der Waals surface area contributed by atoms with Crippen molar-refractivity contribution in [2.24, 2.45) is 0 Å². The minimum absolute atomic E-state index is 0.521. The van der Waals surface area contributed by atoms with Gasteiger partial charge in [0, 0.05) is 5.30 Å². The highest BCUT2D eigenvalue weighted by atomic mass is 31.1. The molecule has 0 N–H and O–H groups in total. The van der Waals surface area contributed by atoms with Crippen LogP contribution in [0.3, 0.4) is 0 Å². The van der Waals surface area contributed by atoms with E-state index >= 15 is 0 Å². The smallest absolute Gasteiger partial charge is 0.126 e. The molecule has 0 aliphatic heterocycles. The highest BCUT2D eigenvalue weighted by molar-refractivity contribution is 7.49. The van der Waals surface area contributed by atoms with Gasteiger partial charge in [-0.2, -0.15) is 0 Å². The van der Waals surface area contributed by atoms with E-state index < -0.39 is 0 Å². The second-order valence-electron chi connectivity index (χ2n) is 4.95. The number of hydrogen-bond acceptors (Lipinski definition) is 1. The van der Waals surface area contributed by atoms with Crippen molar-refractivity contribution in [1.29, 1.82) is 0 Å². The largest absolute Gasteiger partial charge is 0.496 e. The van der Waals surface area contributed by atoms with Crippen molar-refractivity contribution in [3.05, 3.63) is 24.3 Å². The van der Waals surface area contributed by atoms with E-state index in [0.717, 1.165) is 14.3 Å².